The molecular weight excluding hydrogens is 287 g/mol. The number of benzene rings is 1. The van der Waals surface area contributed by atoms with Gasteiger partial charge in [-0.25, -0.2) is 0 Å². The van der Waals surface area contributed by atoms with E-state index in [2.05, 4.69) is 20.3 Å². The molecule has 2 aromatic rings. The van der Waals surface area contributed by atoms with E-state index in [1.54, 1.807) is 13.1 Å². The van der Waals surface area contributed by atoms with Gasteiger partial charge in [0.15, 0.2) is 11.5 Å². The number of rotatable bonds is 5. The Kier molecular flexibility index (Phi) is 4.59. The first-order chi connectivity index (χ1) is 9.98. The number of para-hydroxylation sites is 2. The Balaban J connectivity index is 2.15. The fourth-order valence-corrected chi connectivity index (χ4v) is 1.53. The number of aromatic nitrogens is 2. The summed E-state index contributed by atoms with van der Waals surface area (Å²) in [6.07, 6.45) is -4.79. The van der Waals surface area contributed by atoms with Gasteiger partial charge in [0, 0.05) is 12.6 Å². The molecule has 0 fully saturated rings. The van der Waals surface area contributed by atoms with Crippen LogP contribution in [0.25, 0.3) is 0 Å². The smallest absolute Gasteiger partial charge is 0.434 e. The summed E-state index contributed by atoms with van der Waals surface area (Å²) in [4.78, 5) is 0. The van der Waals surface area contributed by atoms with Crippen molar-refractivity contribution in [2.75, 3.05) is 7.05 Å². The molecule has 0 bridgehead atoms. The van der Waals surface area contributed by atoms with Crippen LogP contribution in [0.5, 0.6) is 17.4 Å². The summed E-state index contributed by atoms with van der Waals surface area (Å²) < 4.78 is 46.0. The Bertz CT molecular complexity index is 588. The fourth-order valence-electron chi connectivity index (χ4n) is 1.53. The molecule has 0 atom stereocenters. The van der Waals surface area contributed by atoms with Gasteiger partial charge in [0.05, 0.1) is 5.69 Å². The predicted octanol–water partition coefficient (Wildman–Crippen LogP) is 2.89. The topological polar surface area (TPSA) is 56.3 Å². The molecule has 0 aliphatic rings. The van der Waals surface area contributed by atoms with E-state index in [0.29, 0.717) is 12.2 Å². The zero-order valence-electron chi connectivity index (χ0n) is 11.0. The molecule has 0 radical (unpaired) electrons. The Morgan fingerprint density at radius 1 is 1.05 bits per heavy atom. The quantitative estimate of drug-likeness (QED) is 0.920. The highest BCUT2D eigenvalue weighted by Crippen LogP contribution is 2.34. The zero-order valence-corrected chi connectivity index (χ0v) is 11.0. The zero-order chi connectivity index (χ0) is 15.3. The third-order valence-corrected chi connectivity index (χ3v) is 2.34. The van der Waals surface area contributed by atoms with E-state index in [1.807, 2.05) is 0 Å². The lowest BCUT2D eigenvalue weighted by molar-refractivity contribution is -0.275. The highest BCUT2D eigenvalue weighted by Gasteiger charge is 2.32. The molecule has 5 nitrogen and oxygen atoms in total. The molecule has 112 valence electrons. The lowest BCUT2D eigenvalue weighted by atomic mass is 10.3. The van der Waals surface area contributed by atoms with Crippen molar-refractivity contribution in [3.63, 3.8) is 0 Å². The second kappa shape index (κ2) is 6.40. The summed E-state index contributed by atoms with van der Waals surface area (Å²) in [7, 11) is 1.76. The lowest BCUT2D eigenvalue weighted by Crippen LogP contribution is -2.17. The molecule has 21 heavy (non-hydrogen) atoms. The molecule has 1 heterocycles. The first-order valence-corrected chi connectivity index (χ1v) is 5.98. The maximum Gasteiger partial charge on any atom is 0.573 e. The lowest BCUT2D eigenvalue weighted by Gasteiger charge is -2.13. The van der Waals surface area contributed by atoms with Gasteiger partial charge in [0.1, 0.15) is 0 Å². The van der Waals surface area contributed by atoms with Crippen LogP contribution in [0.2, 0.25) is 0 Å². The molecular formula is C13H12F3N3O2. The number of halogens is 3. The van der Waals surface area contributed by atoms with Gasteiger partial charge < -0.3 is 14.8 Å². The van der Waals surface area contributed by atoms with E-state index in [1.165, 1.54) is 24.3 Å². The van der Waals surface area contributed by atoms with Gasteiger partial charge in [-0.15, -0.1) is 18.3 Å². The number of alkyl halides is 3. The van der Waals surface area contributed by atoms with Crippen LogP contribution in [-0.2, 0) is 6.54 Å². The molecule has 0 aliphatic carbocycles. The van der Waals surface area contributed by atoms with Crippen LogP contribution in [0.3, 0.4) is 0 Å². The molecule has 1 aromatic carbocycles. The molecule has 0 amide bonds. The second-order valence-corrected chi connectivity index (χ2v) is 3.99. The third-order valence-electron chi connectivity index (χ3n) is 2.34. The van der Waals surface area contributed by atoms with E-state index in [4.69, 9.17) is 4.74 Å². The van der Waals surface area contributed by atoms with Crippen molar-refractivity contribution in [2.24, 2.45) is 0 Å². The molecule has 0 saturated carbocycles. The highest BCUT2D eigenvalue weighted by atomic mass is 19.4. The van der Waals surface area contributed by atoms with Crippen molar-refractivity contribution in [3.8, 4) is 17.4 Å². The summed E-state index contributed by atoms with van der Waals surface area (Å²) >= 11 is 0. The SMILES string of the molecule is CNCc1ccc(Oc2ccccc2OC(F)(F)F)nn1. The van der Waals surface area contributed by atoms with Gasteiger partial charge in [0.25, 0.3) is 0 Å². The van der Waals surface area contributed by atoms with Crippen LogP contribution < -0.4 is 14.8 Å². The molecule has 1 N–H and O–H groups in total. The molecule has 0 saturated heterocycles. The standard InChI is InChI=1S/C13H12F3N3O2/c1-17-8-9-6-7-12(19-18-9)20-10-4-2-3-5-11(10)21-13(14,15)16/h2-7,17H,8H2,1H3. The van der Waals surface area contributed by atoms with E-state index in [9.17, 15) is 13.2 Å². The minimum atomic E-state index is -4.79. The van der Waals surface area contributed by atoms with Gasteiger partial charge in [-0.05, 0) is 25.2 Å². The van der Waals surface area contributed by atoms with Crippen LogP contribution in [0.15, 0.2) is 36.4 Å². The van der Waals surface area contributed by atoms with E-state index < -0.39 is 12.1 Å². The summed E-state index contributed by atoms with van der Waals surface area (Å²) in [6.45, 7) is 0.529. The summed E-state index contributed by atoms with van der Waals surface area (Å²) in [6, 6.07) is 8.63. The summed E-state index contributed by atoms with van der Waals surface area (Å²) in [5, 5.41) is 10.5. The normalized spacial score (nSPS) is 11.2. The van der Waals surface area contributed by atoms with Gasteiger partial charge in [-0.2, -0.15) is 5.10 Å². The average Bonchev–Trinajstić information content (AvgIpc) is 2.42. The number of hydrogen-bond donors (Lipinski definition) is 1. The van der Waals surface area contributed by atoms with Crippen LogP contribution in [-0.4, -0.2) is 23.6 Å². The van der Waals surface area contributed by atoms with Crippen LogP contribution in [0, 0.1) is 0 Å². The number of nitrogens with zero attached hydrogens (tertiary/aromatic N) is 2. The fraction of sp³-hybridized carbons (Fsp3) is 0.231. The van der Waals surface area contributed by atoms with E-state index in [0.717, 1.165) is 6.07 Å². The Morgan fingerprint density at radius 3 is 2.33 bits per heavy atom. The van der Waals surface area contributed by atoms with E-state index in [-0.39, 0.29) is 11.6 Å². The average molecular weight is 299 g/mol. The Labute approximate surface area is 118 Å². The Hall–Kier alpha value is -2.35. The highest BCUT2D eigenvalue weighted by molar-refractivity contribution is 5.41. The maximum absolute atomic E-state index is 12.3. The van der Waals surface area contributed by atoms with Crippen molar-refractivity contribution in [1.29, 1.82) is 0 Å². The van der Waals surface area contributed by atoms with Gasteiger partial charge in [-0.3, -0.25) is 0 Å². The van der Waals surface area contributed by atoms with Crippen molar-refractivity contribution < 1.29 is 22.6 Å². The first-order valence-electron chi connectivity index (χ1n) is 5.98. The van der Waals surface area contributed by atoms with Crippen molar-refractivity contribution in [3.05, 3.63) is 42.1 Å². The minimum Gasteiger partial charge on any atom is -0.434 e. The molecule has 1 aromatic heterocycles. The molecule has 0 unspecified atom stereocenters. The minimum absolute atomic E-state index is 0.0769. The summed E-state index contributed by atoms with van der Waals surface area (Å²) in [5.41, 5.74) is 0.685. The van der Waals surface area contributed by atoms with Crippen molar-refractivity contribution in [1.82, 2.24) is 15.5 Å². The molecule has 0 spiro atoms. The molecule has 8 heteroatoms. The van der Waals surface area contributed by atoms with Gasteiger partial charge in [-0.1, -0.05) is 12.1 Å². The predicted molar refractivity (Wildman–Crippen MR) is 68.0 cm³/mol. The van der Waals surface area contributed by atoms with Crippen molar-refractivity contribution in [2.45, 2.75) is 12.9 Å². The third kappa shape index (κ3) is 4.60. The number of nitrogens with one attached hydrogen (secondary N) is 1. The van der Waals surface area contributed by atoms with Gasteiger partial charge >= 0.3 is 6.36 Å². The largest absolute Gasteiger partial charge is 0.573 e. The number of ether oxygens (including phenoxy) is 2. The van der Waals surface area contributed by atoms with Crippen LogP contribution >= 0.6 is 0 Å². The second-order valence-electron chi connectivity index (χ2n) is 3.99. The van der Waals surface area contributed by atoms with Crippen molar-refractivity contribution >= 4 is 0 Å². The first kappa shape index (κ1) is 15.0. The van der Waals surface area contributed by atoms with Crippen LogP contribution in [0.1, 0.15) is 5.69 Å². The van der Waals surface area contributed by atoms with Crippen LogP contribution in [0.4, 0.5) is 13.2 Å². The maximum atomic E-state index is 12.3. The Morgan fingerprint density at radius 2 is 1.76 bits per heavy atom. The summed E-state index contributed by atoms with van der Waals surface area (Å²) in [5.74, 6) is -0.454. The monoisotopic (exact) mass is 299 g/mol. The molecule has 0 aliphatic heterocycles. The number of hydrogen-bond acceptors (Lipinski definition) is 5. The van der Waals surface area contributed by atoms with Gasteiger partial charge in [0.2, 0.25) is 5.88 Å². The van der Waals surface area contributed by atoms with E-state index >= 15 is 0 Å². The molecule has 2 rings (SSSR count).